The van der Waals surface area contributed by atoms with Crippen molar-refractivity contribution in [3.8, 4) is 6.07 Å². The van der Waals surface area contributed by atoms with Crippen molar-refractivity contribution in [2.45, 2.75) is 32.3 Å². The number of rotatable bonds is 7. The van der Waals surface area contributed by atoms with Crippen LogP contribution >= 0.6 is 0 Å². The Hall–Kier alpha value is -1.28. The zero-order valence-corrected chi connectivity index (χ0v) is 8.45. The van der Waals surface area contributed by atoms with Gasteiger partial charge in [0.15, 0.2) is 0 Å². The van der Waals surface area contributed by atoms with Gasteiger partial charge in [0.25, 0.3) is 0 Å². The molecule has 0 rings (SSSR count). The fourth-order valence-corrected chi connectivity index (χ4v) is 0.980. The third kappa shape index (κ3) is 8.81. The predicted octanol–water partition coefficient (Wildman–Crippen LogP) is 0.754. The molecule has 1 atom stereocenters. The normalized spacial score (nSPS) is 11.7. The van der Waals surface area contributed by atoms with Crippen LogP contribution in [0.25, 0.3) is 0 Å². The molecule has 5 nitrogen and oxygen atoms in total. The van der Waals surface area contributed by atoms with Crippen LogP contribution in [-0.2, 0) is 4.74 Å². The fraction of sp³-hybridized carbons (Fsp3) is 0.778. The van der Waals surface area contributed by atoms with Gasteiger partial charge in [-0.25, -0.2) is 4.79 Å². The Morgan fingerprint density at radius 1 is 1.64 bits per heavy atom. The first-order valence-electron chi connectivity index (χ1n) is 4.70. The summed E-state index contributed by atoms with van der Waals surface area (Å²) in [5, 5.41) is 11.4. The summed E-state index contributed by atoms with van der Waals surface area (Å²) in [4.78, 5) is 10.3. The summed E-state index contributed by atoms with van der Waals surface area (Å²) in [6.07, 6.45) is 1.26. The zero-order valence-electron chi connectivity index (χ0n) is 8.45. The van der Waals surface area contributed by atoms with Crippen molar-refractivity contribution in [3.63, 3.8) is 0 Å². The number of unbranched alkanes of at least 4 members (excludes halogenated alkanes) is 1. The maximum Gasteiger partial charge on any atom is 0.404 e. The van der Waals surface area contributed by atoms with Crippen molar-refractivity contribution < 1.29 is 9.53 Å². The number of nitrogens with one attached hydrogen (secondary N) is 1. The summed E-state index contributed by atoms with van der Waals surface area (Å²) in [6, 6.07) is 2.07. The van der Waals surface area contributed by atoms with Gasteiger partial charge in [0, 0.05) is 6.42 Å². The molecule has 0 saturated carbocycles. The number of nitrogens with zero attached hydrogens (tertiary/aromatic N) is 1. The molecule has 0 aliphatic rings. The Kier molecular flexibility index (Phi) is 7.56. The minimum atomic E-state index is -0.734. The van der Waals surface area contributed by atoms with Crippen molar-refractivity contribution in [2.75, 3.05) is 13.1 Å². The summed E-state index contributed by atoms with van der Waals surface area (Å²) in [5.74, 6) is 0. The smallest absolute Gasteiger partial charge is 0.404 e. The molecule has 0 aliphatic heterocycles. The van der Waals surface area contributed by atoms with Gasteiger partial charge in [0.1, 0.15) is 6.10 Å². The van der Waals surface area contributed by atoms with Crippen LogP contribution in [0.1, 0.15) is 26.2 Å². The molecule has 0 aliphatic carbocycles. The maximum absolute atomic E-state index is 10.3. The Labute approximate surface area is 84.2 Å². The molecule has 0 spiro atoms. The zero-order chi connectivity index (χ0) is 10.8. The van der Waals surface area contributed by atoms with E-state index in [1.54, 1.807) is 6.92 Å². The first-order valence-corrected chi connectivity index (χ1v) is 4.70. The van der Waals surface area contributed by atoms with E-state index in [2.05, 4.69) is 11.4 Å². The second-order valence-electron chi connectivity index (χ2n) is 3.05. The van der Waals surface area contributed by atoms with Crippen molar-refractivity contribution >= 4 is 6.09 Å². The monoisotopic (exact) mass is 199 g/mol. The largest absolute Gasteiger partial charge is 0.447 e. The Balaban J connectivity index is 3.19. The standard InChI is InChI=1S/C9H17N3O2/c1-8(14-9(11)13)4-7-12-6-3-2-5-10/h8,12H,2-4,6-7H2,1H3,(H2,11,13)/t8-/m1/s1. The summed E-state index contributed by atoms with van der Waals surface area (Å²) >= 11 is 0. The van der Waals surface area contributed by atoms with Crippen LogP contribution in [0.3, 0.4) is 0 Å². The molecule has 3 N–H and O–H groups in total. The summed E-state index contributed by atoms with van der Waals surface area (Å²) < 4.78 is 4.72. The molecule has 0 heterocycles. The second kappa shape index (κ2) is 8.32. The van der Waals surface area contributed by atoms with Gasteiger partial charge >= 0.3 is 6.09 Å². The van der Waals surface area contributed by atoms with Crippen LogP contribution in [0.5, 0.6) is 0 Å². The molecule has 0 aromatic rings. The number of carbonyl (C=O) groups is 1. The van der Waals surface area contributed by atoms with E-state index in [0.717, 1.165) is 25.9 Å². The van der Waals surface area contributed by atoms with E-state index < -0.39 is 6.09 Å². The van der Waals surface area contributed by atoms with Crippen LogP contribution in [0, 0.1) is 11.3 Å². The highest BCUT2D eigenvalue weighted by molar-refractivity contribution is 5.64. The lowest BCUT2D eigenvalue weighted by Gasteiger charge is -2.11. The molecule has 0 aromatic heterocycles. The minimum absolute atomic E-state index is 0.157. The molecule has 5 heteroatoms. The lowest BCUT2D eigenvalue weighted by atomic mass is 10.2. The molecule has 0 unspecified atom stereocenters. The van der Waals surface area contributed by atoms with Gasteiger partial charge < -0.3 is 15.8 Å². The van der Waals surface area contributed by atoms with E-state index in [1.165, 1.54) is 0 Å². The van der Waals surface area contributed by atoms with Crippen molar-refractivity contribution in [1.82, 2.24) is 5.32 Å². The number of ether oxygens (including phenoxy) is 1. The minimum Gasteiger partial charge on any atom is -0.447 e. The van der Waals surface area contributed by atoms with Gasteiger partial charge in [-0.2, -0.15) is 5.26 Å². The highest BCUT2D eigenvalue weighted by atomic mass is 16.6. The molecule has 0 radical (unpaired) electrons. The van der Waals surface area contributed by atoms with Gasteiger partial charge in [-0.3, -0.25) is 0 Å². The fourth-order valence-electron chi connectivity index (χ4n) is 0.980. The molecule has 0 fully saturated rings. The number of hydrogen-bond acceptors (Lipinski definition) is 4. The highest BCUT2D eigenvalue weighted by Crippen LogP contribution is 1.95. The van der Waals surface area contributed by atoms with E-state index in [-0.39, 0.29) is 6.10 Å². The predicted molar refractivity (Wildman–Crippen MR) is 52.5 cm³/mol. The third-order valence-corrected chi connectivity index (χ3v) is 1.69. The van der Waals surface area contributed by atoms with E-state index in [1.807, 2.05) is 0 Å². The van der Waals surface area contributed by atoms with Crippen molar-refractivity contribution in [2.24, 2.45) is 5.73 Å². The number of nitrogens with two attached hydrogens (primary N) is 1. The van der Waals surface area contributed by atoms with Gasteiger partial charge in [-0.05, 0) is 32.9 Å². The summed E-state index contributed by atoms with van der Waals surface area (Å²) in [7, 11) is 0. The van der Waals surface area contributed by atoms with Crippen LogP contribution in [0.4, 0.5) is 4.79 Å². The van der Waals surface area contributed by atoms with Gasteiger partial charge in [-0.15, -0.1) is 0 Å². The molecule has 0 saturated heterocycles. The topological polar surface area (TPSA) is 88.1 Å². The first-order chi connectivity index (χ1) is 6.66. The Morgan fingerprint density at radius 3 is 2.93 bits per heavy atom. The Morgan fingerprint density at radius 2 is 2.36 bits per heavy atom. The first kappa shape index (κ1) is 12.7. The van der Waals surface area contributed by atoms with Crippen LogP contribution in [0.2, 0.25) is 0 Å². The second-order valence-corrected chi connectivity index (χ2v) is 3.05. The molecule has 0 aromatic carbocycles. The van der Waals surface area contributed by atoms with Gasteiger partial charge in [-0.1, -0.05) is 0 Å². The van der Waals surface area contributed by atoms with E-state index in [4.69, 9.17) is 15.7 Å². The molecular weight excluding hydrogens is 182 g/mol. The summed E-state index contributed by atoms with van der Waals surface area (Å²) in [6.45, 7) is 3.37. The van der Waals surface area contributed by atoms with E-state index >= 15 is 0 Å². The lowest BCUT2D eigenvalue weighted by molar-refractivity contribution is 0.111. The maximum atomic E-state index is 10.3. The van der Waals surface area contributed by atoms with Crippen LogP contribution in [-0.4, -0.2) is 25.3 Å². The quantitative estimate of drug-likeness (QED) is 0.592. The average Bonchev–Trinajstić information content (AvgIpc) is 2.10. The van der Waals surface area contributed by atoms with E-state index in [0.29, 0.717) is 6.42 Å². The molecule has 80 valence electrons. The number of carbonyl (C=O) groups excluding carboxylic acids is 1. The number of amides is 1. The Bertz CT molecular complexity index is 201. The van der Waals surface area contributed by atoms with Crippen molar-refractivity contribution in [3.05, 3.63) is 0 Å². The number of nitriles is 1. The van der Waals surface area contributed by atoms with Crippen molar-refractivity contribution in [1.29, 1.82) is 5.26 Å². The molecular formula is C9H17N3O2. The van der Waals surface area contributed by atoms with Gasteiger partial charge in [0.2, 0.25) is 0 Å². The number of hydrogen-bond donors (Lipinski definition) is 2. The molecule has 14 heavy (non-hydrogen) atoms. The average molecular weight is 199 g/mol. The van der Waals surface area contributed by atoms with Crippen LogP contribution < -0.4 is 11.1 Å². The highest BCUT2D eigenvalue weighted by Gasteiger charge is 2.04. The lowest BCUT2D eigenvalue weighted by Crippen LogP contribution is -2.25. The SMILES string of the molecule is C[C@H](CCNCCCC#N)OC(N)=O. The molecule has 0 bridgehead atoms. The van der Waals surface area contributed by atoms with Gasteiger partial charge in [0.05, 0.1) is 6.07 Å². The third-order valence-electron chi connectivity index (χ3n) is 1.69. The van der Waals surface area contributed by atoms with E-state index in [9.17, 15) is 4.79 Å². The number of primary amides is 1. The molecule has 1 amide bonds. The summed E-state index contributed by atoms with van der Waals surface area (Å²) in [5.41, 5.74) is 4.85. The van der Waals surface area contributed by atoms with Crippen LogP contribution in [0.15, 0.2) is 0 Å².